The normalized spacial score (nSPS) is 12.4. The summed E-state index contributed by atoms with van der Waals surface area (Å²) in [7, 11) is 2.32. The Balaban J connectivity index is 2.25. The number of rotatable bonds is 14. The number of ether oxygens (including phenoxy) is 3. The van der Waals surface area contributed by atoms with Crippen LogP contribution in [0.3, 0.4) is 0 Å². The standard InChI is InChI=1S/C28H31NO8S/c1-5-7-11-19-12-8-9-13-22(19)21(10-6-2)18-37-27(31)20-14-15-24(23(16-20)29(33)34)38-25(28(32)36-4)17-26(30)35-3/h5-9,12-16,21,25H,2,10-11,17-18H2,1,3-4H3/b7-5-. The number of hydrogen-bond acceptors (Lipinski definition) is 9. The Morgan fingerprint density at radius 3 is 2.50 bits per heavy atom. The quantitative estimate of drug-likeness (QED) is 0.0769. The Labute approximate surface area is 226 Å². The molecule has 202 valence electrons. The minimum Gasteiger partial charge on any atom is -0.469 e. The highest BCUT2D eigenvalue weighted by atomic mass is 32.2. The number of hydrogen-bond donors (Lipinski definition) is 0. The first-order valence-corrected chi connectivity index (χ1v) is 12.7. The van der Waals surface area contributed by atoms with Crippen molar-refractivity contribution in [2.24, 2.45) is 0 Å². The minimum absolute atomic E-state index is 0.0109. The lowest BCUT2D eigenvalue weighted by atomic mass is 9.90. The number of carbonyl (C=O) groups is 3. The number of benzene rings is 2. The molecular formula is C28H31NO8S. The van der Waals surface area contributed by atoms with Gasteiger partial charge < -0.3 is 14.2 Å². The van der Waals surface area contributed by atoms with Gasteiger partial charge >= 0.3 is 17.9 Å². The van der Waals surface area contributed by atoms with E-state index in [1.54, 1.807) is 6.08 Å². The van der Waals surface area contributed by atoms with E-state index in [4.69, 9.17) is 9.47 Å². The predicted octanol–water partition coefficient (Wildman–Crippen LogP) is 5.43. The molecule has 2 aromatic rings. The van der Waals surface area contributed by atoms with Gasteiger partial charge in [-0.2, -0.15) is 0 Å². The van der Waals surface area contributed by atoms with E-state index in [1.807, 2.05) is 43.3 Å². The number of esters is 3. The first kappa shape index (κ1) is 30.3. The van der Waals surface area contributed by atoms with Crippen LogP contribution in [0, 0.1) is 10.1 Å². The Kier molecular flexibility index (Phi) is 12.2. The summed E-state index contributed by atoms with van der Waals surface area (Å²) in [4.78, 5) is 47.9. The molecule has 2 unspecified atom stereocenters. The van der Waals surface area contributed by atoms with Gasteiger partial charge in [0.25, 0.3) is 5.69 Å². The summed E-state index contributed by atoms with van der Waals surface area (Å²) in [6.07, 6.45) is 6.75. The molecule has 9 nitrogen and oxygen atoms in total. The lowest BCUT2D eigenvalue weighted by molar-refractivity contribution is -0.387. The van der Waals surface area contributed by atoms with E-state index >= 15 is 0 Å². The largest absolute Gasteiger partial charge is 0.469 e. The van der Waals surface area contributed by atoms with Gasteiger partial charge in [-0.1, -0.05) is 42.5 Å². The van der Waals surface area contributed by atoms with Gasteiger partial charge in [0.05, 0.1) is 42.6 Å². The highest BCUT2D eigenvalue weighted by molar-refractivity contribution is 8.00. The summed E-state index contributed by atoms with van der Waals surface area (Å²) in [5.74, 6) is -2.26. The maximum atomic E-state index is 12.9. The van der Waals surface area contributed by atoms with Crippen molar-refractivity contribution in [2.75, 3.05) is 20.8 Å². The van der Waals surface area contributed by atoms with Gasteiger partial charge in [0, 0.05) is 12.0 Å². The topological polar surface area (TPSA) is 122 Å². The summed E-state index contributed by atoms with van der Waals surface area (Å²) in [5, 5.41) is 10.7. The van der Waals surface area contributed by atoms with Gasteiger partial charge in [0.15, 0.2) is 0 Å². The minimum atomic E-state index is -1.06. The van der Waals surface area contributed by atoms with Crippen LogP contribution >= 0.6 is 11.8 Å². The fourth-order valence-electron chi connectivity index (χ4n) is 3.69. The van der Waals surface area contributed by atoms with E-state index in [0.29, 0.717) is 6.42 Å². The van der Waals surface area contributed by atoms with Gasteiger partial charge in [-0.05, 0) is 43.0 Å². The van der Waals surface area contributed by atoms with Crippen molar-refractivity contribution >= 4 is 35.4 Å². The number of allylic oxidation sites excluding steroid dienone is 3. The summed E-state index contributed by atoms with van der Waals surface area (Å²) in [6.45, 7) is 5.82. The second-order valence-corrected chi connectivity index (χ2v) is 9.39. The fourth-order valence-corrected chi connectivity index (χ4v) is 4.81. The fraction of sp³-hybridized carbons (Fsp3) is 0.321. The zero-order valence-corrected chi connectivity index (χ0v) is 22.4. The van der Waals surface area contributed by atoms with Crippen molar-refractivity contribution in [1.29, 1.82) is 0 Å². The van der Waals surface area contributed by atoms with E-state index in [0.717, 1.165) is 42.5 Å². The average Bonchev–Trinajstić information content (AvgIpc) is 2.93. The Morgan fingerprint density at radius 2 is 1.87 bits per heavy atom. The van der Waals surface area contributed by atoms with Gasteiger partial charge in [0.1, 0.15) is 5.25 Å². The Morgan fingerprint density at radius 1 is 1.13 bits per heavy atom. The van der Waals surface area contributed by atoms with Crippen LogP contribution in [0.15, 0.2) is 72.2 Å². The number of thioether (sulfide) groups is 1. The predicted molar refractivity (Wildman–Crippen MR) is 144 cm³/mol. The third-order valence-electron chi connectivity index (χ3n) is 5.64. The summed E-state index contributed by atoms with van der Waals surface area (Å²) in [5.41, 5.74) is 1.74. The molecule has 10 heteroatoms. The molecule has 2 rings (SSSR count). The number of nitrogens with zero attached hydrogens (tertiary/aromatic N) is 1. The SMILES string of the molecule is C=CCC(COC(=O)c1ccc(SC(CC(=O)OC)C(=O)OC)c([N+](=O)[O-])c1)c1ccccc1C/C=C\C. The van der Waals surface area contributed by atoms with Crippen LogP contribution in [0.4, 0.5) is 5.69 Å². The molecule has 0 saturated carbocycles. The molecule has 0 N–H and O–H groups in total. The first-order chi connectivity index (χ1) is 18.2. The monoisotopic (exact) mass is 541 g/mol. The number of nitro benzene ring substituents is 1. The second kappa shape index (κ2) is 15.4. The van der Waals surface area contributed by atoms with Crippen LogP contribution in [-0.4, -0.2) is 48.9 Å². The molecule has 0 aromatic heterocycles. The molecule has 0 fully saturated rings. The third kappa shape index (κ3) is 8.58. The van der Waals surface area contributed by atoms with Gasteiger partial charge in [-0.3, -0.25) is 19.7 Å². The zero-order valence-electron chi connectivity index (χ0n) is 21.6. The van der Waals surface area contributed by atoms with Crippen LogP contribution in [0.2, 0.25) is 0 Å². The van der Waals surface area contributed by atoms with E-state index in [-0.39, 0.29) is 29.4 Å². The van der Waals surface area contributed by atoms with Crippen LogP contribution in [-0.2, 0) is 30.2 Å². The molecular weight excluding hydrogens is 510 g/mol. The maximum absolute atomic E-state index is 12.9. The number of carbonyl (C=O) groups excluding carboxylic acids is 3. The smallest absolute Gasteiger partial charge is 0.338 e. The molecule has 38 heavy (non-hydrogen) atoms. The van der Waals surface area contributed by atoms with Gasteiger partial charge in [-0.15, -0.1) is 18.3 Å². The summed E-state index contributed by atoms with van der Waals surface area (Å²) < 4.78 is 14.9. The van der Waals surface area contributed by atoms with E-state index in [1.165, 1.54) is 19.2 Å². The molecule has 0 radical (unpaired) electrons. The average molecular weight is 542 g/mol. The van der Waals surface area contributed by atoms with Gasteiger partial charge in [-0.25, -0.2) is 4.79 Å². The lowest BCUT2D eigenvalue weighted by Gasteiger charge is -2.19. The van der Waals surface area contributed by atoms with Crippen molar-refractivity contribution in [3.8, 4) is 0 Å². The highest BCUT2D eigenvalue weighted by Gasteiger charge is 2.29. The molecule has 0 spiro atoms. The van der Waals surface area contributed by atoms with E-state index in [9.17, 15) is 24.5 Å². The van der Waals surface area contributed by atoms with E-state index < -0.39 is 33.8 Å². The highest BCUT2D eigenvalue weighted by Crippen LogP contribution is 2.35. The Bertz CT molecular complexity index is 1190. The van der Waals surface area contributed by atoms with Crippen molar-refractivity contribution in [3.05, 3.63) is 94.1 Å². The first-order valence-electron chi connectivity index (χ1n) is 11.8. The lowest BCUT2D eigenvalue weighted by Crippen LogP contribution is -2.23. The molecule has 0 bridgehead atoms. The summed E-state index contributed by atoms with van der Waals surface area (Å²) >= 11 is 0.785. The van der Waals surface area contributed by atoms with Crippen molar-refractivity contribution < 1.29 is 33.5 Å². The molecule has 0 aliphatic rings. The van der Waals surface area contributed by atoms with Crippen LogP contribution in [0.5, 0.6) is 0 Å². The van der Waals surface area contributed by atoms with Crippen LogP contribution in [0.1, 0.15) is 47.2 Å². The zero-order chi connectivity index (χ0) is 28.1. The Hall–Kier alpha value is -3.92. The van der Waals surface area contributed by atoms with Gasteiger partial charge in [0.2, 0.25) is 0 Å². The van der Waals surface area contributed by atoms with Crippen molar-refractivity contribution in [1.82, 2.24) is 0 Å². The summed E-state index contributed by atoms with van der Waals surface area (Å²) in [6, 6.07) is 11.7. The van der Waals surface area contributed by atoms with Crippen molar-refractivity contribution in [2.45, 2.75) is 42.2 Å². The molecule has 0 amide bonds. The number of methoxy groups -OCH3 is 2. The molecule has 0 heterocycles. The molecule has 0 saturated heterocycles. The molecule has 2 aromatic carbocycles. The van der Waals surface area contributed by atoms with Crippen LogP contribution < -0.4 is 0 Å². The third-order valence-corrected chi connectivity index (χ3v) is 6.88. The maximum Gasteiger partial charge on any atom is 0.338 e. The van der Waals surface area contributed by atoms with Crippen LogP contribution in [0.25, 0.3) is 0 Å². The second-order valence-electron chi connectivity index (χ2n) is 8.14. The van der Waals surface area contributed by atoms with Crippen molar-refractivity contribution in [3.63, 3.8) is 0 Å². The molecule has 0 aliphatic heterocycles. The molecule has 0 aliphatic carbocycles. The number of nitro groups is 1. The molecule has 2 atom stereocenters. The van der Waals surface area contributed by atoms with E-state index in [2.05, 4.69) is 11.3 Å².